The summed E-state index contributed by atoms with van der Waals surface area (Å²) >= 11 is 11.7. The Morgan fingerprint density at radius 2 is 1.05 bits per heavy atom. The summed E-state index contributed by atoms with van der Waals surface area (Å²) in [6, 6.07) is 23.5. The van der Waals surface area contributed by atoms with E-state index in [-0.39, 0.29) is 21.7 Å². The summed E-state index contributed by atoms with van der Waals surface area (Å²) in [5.41, 5.74) is 2.90. The molecule has 8 nitrogen and oxygen atoms in total. The first kappa shape index (κ1) is 36.0. The Balaban J connectivity index is 0.000000223. The summed E-state index contributed by atoms with van der Waals surface area (Å²) in [4.78, 5) is 21.8. The van der Waals surface area contributed by atoms with E-state index in [9.17, 15) is 0 Å². The van der Waals surface area contributed by atoms with Crippen molar-refractivity contribution in [3.8, 4) is 11.8 Å². The molecule has 0 aliphatic rings. The van der Waals surface area contributed by atoms with Gasteiger partial charge in [0.25, 0.3) is 0 Å². The molecule has 0 aliphatic heterocycles. The summed E-state index contributed by atoms with van der Waals surface area (Å²) in [5.74, 6) is 2.23. The Bertz CT molecular complexity index is 1380. The fourth-order valence-electron chi connectivity index (χ4n) is 3.32. The molecule has 4 aromatic heterocycles. The number of aromatic amines is 2. The van der Waals surface area contributed by atoms with Crippen LogP contribution in [-0.4, -0.2) is 43.1 Å². The van der Waals surface area contributed by atoms with Crippen molar-refractivity contribution in [2.75, 3.05) is 13.2 Å². The number of fused-ring (bicyclic) bond motifs is 2. The first-order valence-electron chi connectivity index (χ1n) is 13.8. The quantitative estimate of drug-likeness (QED) is 0.126. The standard InChI is InChI=1S/2C11H13ClN3O.2C5H5.Ti/c2*1-7(2)3-4-16-11-10-8(13-6-14-11)5-9(12)15-10;2*1-2-4-5-3-1;/h2*5,7,15H,3-4H2,1-2H3;2*1-5H;/q4*-1;+4. The number of aromatic nitrogens is 6. The number of ether oxygens (including phenoxy) is 2. The number of nitrogens with one attached hydrogen (secondary N) is 2. The third-order valence-corrected chi connectivity index (χ3v) is 5.99. The fourth-order valence-corrected chi connectivity index (χ4v) is 3.71. The molecule has 0 saturated heterocycles. The number of rotatable bonds is 8. The molecule has 224 valence electrons. The molecule has 0 fully saturated rings. The van der Waals surface area contributed by atoms with Crippen molar-refractivity contribution < 1.29 is 31.2 Å². The maximum atomic E-state index is 5.85. The largest absolute Gasteiger partial charge is 4.00 e. The Labute approximate surface area is 278 Å². The van der Waals surface area contributed by atoms with Crippen LogP contribution in [0.3, 0.4) is 0 Å². The second-order valence-corrected chi connectivity index (χ2v) is 10.8. The van der Waals surface area contributed by atoms with Crippen LogP contribution < -0.4 is 9.47 Å². The molecule has 11 heteroatoms. The number of hydrogen-bond acceptors (Lipinski definition) is 6. The van der Waals surface area contributed by atoms with Gasteiger partial charge in [-0.2, -0.15) is 36.4 Å². The molecule has 2 N–H and O–H groups in total. The minimum Gasteiger partial charge on any atom is -0.533 e. The number of hydrogen-bond donors (Lipinski definition) is 2. The van der Waals surface area contributed by atoms with Gasteiger partial charge in [-0.25, -0.2) is 24.3 Å². The van der Waals surface area contributed by atoms with Gasteiger partial charge in [0.05, 0.1) is 23.5 Å². The Morgan fingerprint density at radius 1 is 0.674 bits per heavy atom. The third-order valence-electron chi connectivity index (χ3n) is 5.58. The predicted molar refractivity (Wildman–Crippen MR) is 169 cm³/mol. The van der Waals surface area contributed by atoms with Gasteiger partial charge < -0.3 is 39.4 Å². The summed E-state index contributed by atoms with van der Waals surface area (Å²) < 4.78 is 11.1. The van der Waals surface area contributed by atoms with Crippen molar-refractivity contribution in [1.82, 2.24) is 29.9 Å². The van der Waals surface area contributed by atoms with Crippen LogP contribution in [0, 0.1) is 24.5 Å². The van der Waals surface area contributed by atoms with Gasteiger partial charge in [0, 0.05) is 23.7 Å². The molecule has 2 aromatic carbocycles. The van der Waals surface area contributed by atoms with Crippen LogP contribution in [-0.2, 0) is 21.7 Å². The van der Waals surface area contributed by atoms with Gasteiger partial charge in [-0.05, 0) is 35.7 Å². The third kappa shape index (κ3) is 13.3. The molecule has 43 heavy (non-hydrogen) atoms. The van der Waals surface area contributed by atoms with E-state index in [4.69, 9.17) is 32.7 Å². The van der Waals surface area contributed by atoms with Gasteiger partial charge in [0.15, 0.2) is 0 Å². The van der Waals surface area contributed by atoms with Crippen molar-refractivity contribution in [2.24, 2.45) is 11.8 Å². The molecule has 0 atom stereocenters. The van der Waals surface area contributed by atoms with E-state index < -0.39 is 0 Å². The van der Waals surface area contributed by atoms with Crippen molar-refractivity contribution in [2.45, 2.75) is 40.5 Å². The van der Waals surface area contributed by atoms with E-state index in [0.29, 0.717) is 47.1 Å². The summed E-state index contributed by atoms with van der Waals surface area (Å²) in [6.07, 6.45) is 7.08. The van der Waals surface area contributed by atoms with E-state index >= 15 is 0 Å². The molecule has 4 heterocycles. The molecule has 6 aromatic rings. The molecule has 0 unspecified atom stereocenters. The number of nitrogens with zero attached hydrogens (tertiary/aromatic N) is 4. The van der Waals surface area contributed by atoms with Crippen molar-refractivity contribution in [3.05, 3.63) is 95.8 Å². The van der Waals surface area contributed by atoms with Crippen molar-refractivity contribution in [3.63, 3.8) is 0 Å². The molecule has 0 bridgehead atoms. The molecule has 0 aliphatic carbocycles. The van der Waals surface area contributed by atoms with E-state index in [2.05, 4.69) is 70.3 Å². The summed E-state index contributed by atoms with van der Waals surface area (Å²) in [5, 5.41) is 1.05. The van der Waals surface area contributed by atoms with E-state index in [1.165, 1.54) is 0 Å². The summed E-state index contributed by atoms with van der Waals surface area (Å²) in [6.45, 7) is 9.86. The van der Waals surface area contributed by atoms with E-state index in [1.54, 1.807) is 12.1 Å². The van der Waals surface area contributed by atoms with Crippen LogP contribution in [0.25, 0.3) is 22.1 Å². The zero-order valence-electron chi connectivity index (χ0n) is 24.8. The monoisotopic (exact) mass is 654 g/mol. The molecule has 0 amide bonds. The van der Waals surface area contributed by atoms with Gasteiger partial charge in [0.2, 0.25) is 0 Å². The van der Waals surface area contributed by atoms with Gasteiger partial charge in [-0.3, -0.25) is 0 Å². The molecule has 0 spiro atoms. The van der Waals surface area contributed by atoms with Crippen molar-refractivity contribution in [1.29, 1.82) is 0 Å². The molecular weight excluding hydrogens is 619 g/mol. The zero-order valence-corrected chi connectivity index (χ0v) is 27.8. The van der Waals surface area contributed by atoms with Gasteiger partial charge >= 0.3 is 21.7 Å². The van der Waals surface area contributed by atoms with Gasteiger partial charge in [-0.15, -0.1) is 0 Å². The second kappa shape index (κ2) is 19.9. The Morgan fingerprint density at radius 3 is 1.35 bits per heavy atom. The maximum absolute atomic E-state index is 5.85. The van der Waals surface area contributed by atoms with Crippen LogP contribution in [0.15, 0.2) is 72.8 Å². The fraction of sp³-hybridized carbons (Fsp3) is 0.312. The average molecular weight is 655 g/mol. The zero-order chi connectivity index (χ0) is 30.2. The van der Waals surface area contributed by atoms with Crippen LogP contribution in [0.5, 0.6) is 11.8 Å². The Hall–Kier alpha value is -3.17. The van der Waals surface area contributed by atoms with Gasteiger partial charge in [0.1, 0.15) is 11.8 Å². The maximum Gasteiger partial charge on any atom is 4.00 e. The molecule has 0 radical (unpaired) electrons. The van der Waals surface area contributed by atoms with Crippen LogP contribution in [0.2, 0.25) is 10.3 Å². The SMILES string of the molecule is CC(C)CCOc1n[c-]nc2cc(Cl)[nH]c12.CC(C)CCOc1n[c-]nc2cc(Cl)[nH]c12.[Ti+4].c1cc[cH-]c1.c1cc[cH-]c1. The molecule has 0 saturated carbocycles. The Kier molecular flexibility index (Phi) is 16.7. The smallest absolute Gasteiger partial charge is 0.533 e. The van der Waals surface area contributed by atoms with Crippen LogP contribution in [0.4, 0.5) is 0 Å². The minimum absolute atomic E-state index is 0. The first-order chi connectivity index (χ1) is 20.3. The van der Waals surface area contributed by atoms with Crippen LogP contribution >= 0.6 is 23.2 Å². The molecular formula is C32H36Cl2N6O2Ti. The normalized spacial score (nSPS) is 10.2. The van der Waals surface area contributed by atoms with Gasteiger partial charge in [-0.1, -0.05) is 63.0 Å². The topological polar surface area (TPSA) is 102 Å². The predicted octanol–water partition coefficient (Wildman–Crippen LogP) is 8.48. The minimum atomic E-state index is 0. The van der Waals surface area contributed by atoms with Crippen LogP contribution in [0.1, 0.15) is 40.5 Å². The number of H-pyrrole nitrogens is 2. The first-order valence-corrected chi connectivity index (χ1v) is 14.5. The van der Waals surface area contributed by atoms with Crippen molar-refractivity contribution >= 4 is 45.3 Å². The van der Waals surface area contributed by atoms with E-state index in [1.807, 2.05) is 60.7 Å². The van der Waals surface area contributed by atoms with E-state index in [0.717, 1.165) is 34.9 Å². The number of halogens is 2. The second-order valence-electron chi connectivity index (χ2n) is 10.00. The average Bonchev–Trinajstić information content (AvgIpc) is 3.78. The summed E-state index contributed by atoms with van der Waals surface area (Å²) in [7, 11) is 0. The molecule has 6 rings (SSSR count).